The van der Waals surface area contributed by atoms with Crippen LogP contribution in [-0.2, 0) is 9.53 Å². The lowest BCUT2D eigenvalue weighted by Gasteiger charge is -2.32. The first-order chi connectivity index (χ1) is 14.9. The van der Waals surface area contributed by atoms with E-state index in [9.17, 15) is 14.4 Å². The number of ether oxygens (including phenoxy) is 1. The smallest absolute Gasteiger partial charge is 0.409 e. The van der Waals surface area contributed by atoms with E-state index < -0.39 is 0 Å². The Kier molecular flexibility index (Phi) is 8.36. The van der Waals surface area contributed by atoms with Crippen LogP contribution >= 0.6 is 23.1 Å². The lowest BCUT2D eigenvalue weighted by Crippen LogP contribution is -2.41. The van der Waals surface area contributed by atoms with Crippen molar-refractivity contribution in [2.45, 2.75) is 51.2 Å². The van der Waals surface area contributed by atoms with E-state index >= 15 is 0 Å². The number of hydrogen-bond acceptors (Lipinski definition) is 7. The molecule has 0 bridgehead atoms. The van der Waals surface area contributed by atoms with Crippen LogP contribution in [0.15, 0.2) is 21.4 Å². The first-order valence-corrected chi connectivity index (χ1v) is 12.6. The number of thiophene rings is 1. The van der Waals surface area contributed by atoms with Crippen LogP contribution in [0.2, 0.25) is 0 Å². The minimum absolute atomic E-state index is 0.0611. The number of carbonyl (C=O) groups excluding carboxylic acids is 2. The molecule has 1 N–H and O–H groups in total. The molecule has 1 aliphatic heterocycles. The summed E-state index contributed by atoms with van der Waals surface area (Å²) < 4.78 is 7.44. The van der Waals surface area contributed by atoms with Crippen molar-refractivity contribution < 1.29 is 14.3 Å². The minimum Gasteiger partial charge on any atom is -0.450 e. The van der Waals surface area contributed by atoms with Gasteiger partial charge < -0.3 is 15.0 Å². The molecule has 3 heterocycles. The molecule has 3 rings (SSSR count). The van der Waals surface area contributed by atoms with E-state index in [1.807, 2.05) is 11.4 Å². The third-order valence-corrected chi connectivity index (χ3v) is 7.06. The molecule has 2 aromatic heterocycles. The van der Waals surface area contributed by atoms with Gasteiger partial charge in [0.15, 0.2) is 5.16 Å². The van der Waals surface area contributed by atoms with Crippen LogP contribution in [0.25, 0.3) is 10.2 Å². The van der Waals surface area contributed by atoms with E-state index in [1.54, 1.807) is 16.4 Å². The topological polar surface area (TPSA) is 93.5 Å². The largest absolute Gasteiger partial charge is 0.450 e. The number of carbonyl (C=O) groups is 2. The van der Waals surface area contributed by atoms with Crippen molar-refractivity contribution >= 4 is 45.3 Å². The Hall–Kier alpha value is -2.07. The molecule has 0 radical (unpaired) electrons. The maximum atomic E-state index is 13.2. The molecule has 170 valence electrons. The predicted molar refractivity (Wildman–Crippen MR) is 124 cm³/mol. The number of thioether (sulfide) groups is 1. The second-order valence-corrected chi connectivity index (χ2v) is 9.80. The van der Waals surface area contributed by atoms with Gasteiger partial charge in [0.2, 0.25) is 5.91 Å². The lowest BCUT2D eigenvalue weighted by atomic mass is 10.1. The number of nitrogens with one attached hydrogen (secondary N) is 1. The second kappa shape index (κ2) is 11.0. The van der Waals surface area contributed by atoms with Gasteiger partial charge in [0.1, 0.15) is 4.70 Å². The molecule has 2 aromatic rings. The van der Waals surface area contributed by atoms with E-state index in [0.29, 0.717) is 60.4 Å². The Morgan fingerprint density at radius 2 is 2.10 bits per heavy atom. The van der Waals surface area contributed by atoms with Gasteiger partial charge in [-0.2, -0.15) is 0 Å². The average molecular weight is 467 g/mol. The van der Waals surface area contributed by atoms with Crippen molar-refractivity contribution in [3.8, 4) is 0 Å². The highest BCUT2D eigenvalue weighted by molar-refractivity contribution is 7.99. The molecule has 0 aliphatic carbocycles. The summed E-state index contributed by atoms with van der Waals surface area (Å²) >= 11 is 2.68. The van der Waals surface area contributed by atoms with E-state index in [1.165, 1.54) is 23.1 Å². The molecule has 31 heavy (non-hydrogen) atoms. The molecular weight excluding hydrogens is 436 g/mol. The maximum Gasteiger partial charge on any atom is 0.409 e. The number of likely N-dealkylation sites (tertiary alicyclic amines) is 1. The van der Waals surface area contributed by atoms with Crippen LogP contribution in [0.1, 0.15) is 46.1 Å². The van der Waals surface area contributed by atoms with Crippen LogP contribution < -0.4 is 10.9 Å². The Morgan fingerprint density at radius 3 is 2.77 bits per heavy atom. The Balaban J connectivity index is 1.74. The lowest BCUT2D eigenvalue weighted by molar-refractivity contribution is -0.118. The zero-order chi connectivity index (χ0) is 22.4. The highest BCUT2D eigenvalue weighted by Gasteiger charge is 2.28. The summed E-state index contributed by atoms with van der Waals surface area (Å²) in [7, 11) is 0. The average Bonchev–Trinajstić information content (AvgIpc) is 3.21. The number of rotatable bonds is 8. The van der Waals surface area contributed by atoms with Crippen LogP contribution in [0.5, 0.6) is 0 Å². The summed E-state index contributed by atoms with van der Waals surface area (Å²) in [5.41, 5.74) is 0.593. The number of piperidine rings is 1. The number of amides is 2. The molecule has 0 atom stereocenters. The molecule has 2 amide bonds. The minimum atomic E-state index is -0.312. The first-order valence-electron chi connectivity index (χ1n) is 10.7. The van der Waals surface area contributed by atoms with Gasteiger partial charge in [-0.25, -0.2) is 9.78 Å². The number of nitrogens with zero attached hydrogens (tertiary/aromatic N) is 3. The fourth-order valence-electron chi connectivity index (χ4n) is 3.53. The van der Waals surface area contributed by atoms with Gasteiger partial charge in [-0.15, -0.1) is 11.3 Å². The molecule has 8 nitrogen and oxygen atoms in total. The van der Waals surface area contributed by atoms with Gasteiger partial charge >= 0.3 is 6.09 Å². The number of fused-ring (bicyclic) bond motifs is 1. The second-order valence-electron chi connectivity index (χ2n) is 7.94. The molecular formula is C21H30N4O4S2. The van der Waals surface area contributed by atoms with Gasteiger partial charge in [-0.3, -0.25) is 14.2 Å². The fraction of sp³-hybridized carbons (Fsp3) is 0.619. The zero-order valence-electron chi connectivity index (χ0n) is 18.3. The molecule has 1 fully saturated rings. The van der Waals surface area contributed by atoms with Crippen LogP contribution in [0.4, 0.5) is 4.79 Å². The number of hydrogen-bond donors (Lipinski definition) is 1. The molecule has 0 spiro atoms. The summed E-state index contributed by atoms with van der Waals surface area (Å²) in [5.74, 6) is 0.678. The number of aromatic nitrogens is 2. The van der Waals surface area contributed by atoms with Crippen LogP contribution in [0.3, 0.4) is 0 Å². The monoisotopic (exact) mass is 466 g/mol. The third kappa shape index (κ3) is 6.00. The normalized spacial score (nSPS) is 14.9. The summed E-state index contributed by atoms with van der Waals surface area (Å²) in [4.78, 5) is 43.9. The SMILES string of the molecule is CCOC(=O)N1CCC(n2c(SCC(=O)NCCC(C)C)nc3ccsc3c2=O)CC1. The van der Waals surface area contributed by atoms with Crippen molar-refractivity contribution in [1.29, 1.82) is 0 Å². The third-order valence-electron chi connectivity index (χ3n) is 5.21. The van der Waals surface area contributed by atoms with E-state index in [2.05, 4.69) is 24.1 Å². The highest BCUT2D eigenvalue weighted by Crippen LogP contribution is 2.28. The van der Waals surface area contributed by atoms with E-state index in [0.717, 1.165) is 6.42 Å². The van der Waals surface area contributed by atoms with Gasteiger partial charge in [0.25, 0.3) is 5.56 Å². The summed E-state index contributed by atoms with van der Waals surface area (Å²) in [6.45, 7) is 8.06. The molecule has 10 heteroatoms. The first kappa shape index (κ1) is 23.6. The van der Waals surface area contributed by atoms with E-state index in [-0.39, 0.29) is 29.4 Å². The molecule has 0 aromatic carbocycles. The van der Waals surface area contributed by atoms with Crippen molar-refractivity contribution in [2.75, 3.05) is 32.0 Å². The van der Waals surface area contributed by atoms with Crippen LogP contribution in [-0.4, -0.2) is 58.4 Å². The zero-order valence-corrected chi connectivity index (χ0v) is 19.9. The Labute approximate surface area is 190 Å². The Morgan fingerprint density at radius 1 is 1.35 bits per heavy atom. The summed E-state index contributed by atoms with van der Waals surface area (Å²) in [6, 6.07) is 1.77. The van der Waals surface area contributed by atoms with Crippen molar-refractivity contribution in [2.24, 2.45) is 5.92 Å². The Bertz CT molecular complexity index is 964. The molecule has 0 unspecified atom stereocenters. The standard InChI is InChI=1S/C21H30N4O4S2/c1-4-29-21(28)24-10-6-15(7-11-24)25-19(27)18-16(8-12-30-18)23-20(25)31-13-17(26)22-9-5-14(2)3/h8,12,14-15H,4-7,9-11,13H2,1-3H3,(H,22,26). The summed E-state index contributed by atoms with van der Waals surface area (Å²) in [6.07, 6.45) is 1.91. The molecule has 1 aliphatic rings. The molecule has 0 saturated carbocycles. The van der Waals surface area contributed by atoms with Crippen LogP contribution in [0, 0.1) is 5.92 Å². The van der Waals surface area contributed by atoms with Gasteiger partial charge in [0, 0.05) is 25.7 Å². The predicted octanol–water partition coefficient (Wildman–Crippen LogP) is 3.51. The maximum absolute atomic E-state index is 13.2. The van der Waals surface area contributed by atoms with E-state index in [4.69, 9.17) is 4.74 Å². The van der Waals surface area contributed by atoms with Gasteiger partial charge in [0.05, 0.1) is 17.9 Å². The van der Waals surface area contributed by atoms with Crippen molar-refractivity contribution in [3.63, 3.8) is 0 Å². The summed E-state index contributed by atoms with van der Waals surface area (Å²) in [5, 5.41) is 5.35. The highest BCUT2D eigenvalue weighted by atomic mass is 32.2. The van der Waals surface area contributed by atoms with Crippen molar-refractivity contribution in [3.05, 3.63) is 21.8 Å². The van der Waals surface area contributed by atoms with Gasteiger partial charge in [-0.1, -0.05) is 25.6 Å². The fourth-order valence-corrected chi connectivity index (χ4v) is 5.19. The van der Waals surface area contributed by atoms with Gasteiger partial charge in [-0.05, 0) is 43.6 Å². The molecule has 1 saturated heterocycles. The quantitative estimate of drug-likeness (QED) is 0.473. The van der Waals surface area contributed by atoms with Crippen molar-refractivity contribution in [1.82, 2.24) is 19.8 Å².